The van der Waals surface area contributed by atoms with Crippen molar-refractivity contribution < 1.29 is 4.52 Å². The van der Waals surface area contributed by atoms with E-state index in [0.717, 1.165) is 25.3 Å². The number of hydrogen-bond acceptors (Lipinski definition) is 8. The minimum atomic E-state index is 0.0702. The van der Waals surface area contributed by atoms with E-state index in [1.54, 1.807) is 24.8 Å². The lowest BCUT2D eigenvalue weighted by Crippen LogP contribution is -2.20. The molecule has 0 unspecified atom stereocenters. The third kappa shape index (κ3) is 3.74. The van der Waals surface area contributed by atoms with Crippen LogP contribution in [0.5, 0.6) is 0 Å². The second-order valence-corrected chi connectivity index (χ2v) is 7.06. The summed E-state index contributed by atoms with van der Waals surface area (Å²) >= 11 is 0. The van der Waals surface area contributed by atoms with Crippen molar-refractivity contribution in [2.75, 3.05) is 13.1 Å². The third-order valence-electron chi connectivity index (χ3n) is 5.17. The number of rotatable bonds is 5. The highest BCUT2D eigenvalue weighted by Gasteiger charge is 2.38. The van der Waals surface area contributed by atoms with Crippen molar-refractivity contribution in [1.29, 1.82) is 0 Å². The van der Waals surface area contributed by atoms with Gasteiger partial charge in [-0.25, -0.2) is 4.98 Å². The van der Waals surface area contributed by atoms with E-state index < -0.39 is 0 Å². The lowest BCUT2D eigenvalue weighted by atomic mass is 9.90. The lowest BCUT2D eigenvalue weighted by Gasteiger charge is -2.15. The molecule has 29 heavy (non-hydrogen) atoms. The second-order valence-electron chi connectivity index (χ2n) is 7.06. The van der Waals surface area contributed by atoms with Gasteiger partial charge in [0.1, 0.15) is 5.69 Å². The Morgan fingerprint density at radius 1 is 0.897 bits per heavy atom. The molecule has 0 aliphatic carbocycles. The van der Waals surface area contributed by atoms with Crippen LogP contribution in [-0.4, -0.2) is 48.1 Å². The molecule has 0 bridgehead atoms. The molecule has 0 saturated carbocycles. The predicted octanol–water partition coefficient (Wildman–Crippen LogP) is 2.70. The summed E-state index contributed by atoms with van der Waals surface area (Å²) in [4.78, 5) is 24.1. The maximum absolute atomic E-state index is 5.66. The molecule has 0 spiro atoms. The van der Waals surface area contributed by atoms with Gasteiger partial charge >= 0.3 is 0 Å². The zero-order valence-corrected chi connectivity index (χ0v) is 15.7. The SMILES string of the molecule is c1ccc(CN2C[C@@H](c3cccnc3)[C@H](c3nc(-c4cnccn4)no3)C2)nc1. The summed E-state index contributed by atoms with van der Waals surface area (Å²) in [7, 11) is 0. The van der Waals surface area contributed by atoms with E-state index in [1.165, 1.54) is 5.56 Å². The Bertz CT molecular complexity index is 1060. The molecule has 0 amide bonds. The molecule has 1 aliphatic heterocycles. The molecule has 4 aromatic rings. The van der Waals surface area contributed by atoms with Gasteiger partial charge < -0.3 is 4.52 Å². The van der Waals surface area contributed by atoms with Crippen molar-refractivity contribution in [3.05, 3.63) is 84.7 Å². The van der Waals surface area contributed by atoms with E-state index in [4.69, 9.17) is 4.52 Å². The van der Waals surface area contributed by atoms with Gasteiger partial charge in [-0.1, -0.05) is 17.3 Å². The summed E-state index contributed by atoms with van der Waals surface area (Å²) in [6, 6.07) is 10.1. The van der Waals surface area contributed by atoms with Crippen LogP contribution in [0.2, 0.25) is 0 Å². The van der Waals surface area contributed by atoms with E-state index >= 15 is 0 Å². The Kier molecular flexibility index (Phi) is 4.75. The van der Waals surface area contributed by atoms with Crippen LogP contribution in [0, 0.1) is 0 Å². The van der Waals surface area contributed by atoms with Crippen molar-refractivity contribution in [1.82, 2.24) is 35.0 Å². The molecule has 0 aromatic carbocycles. The molecule has 1 fully saturated rings. The zero-order chi connectivity index (χ0) is 19.5. The highest BCUT2D eigenvalue weighted by molar-refractivity contribution is 5.45. The number of pyridine rings is 2. The Balaban J connectivity index is 1.43. The van der Waals surface area contributed by atoms with Crippen molar-refractivity contribution in [3.8, 4) is 11.5 Å². The van der Waals surface area contributed by atoms with E-state index in [1.807, 2.05) is 36.7 Å². The summed E-state index contributed by atoms with van der Waals surface area (Å²) < 4.78 is 5.66. The van der Waals surface area contributed by atoms with Crippen molar-refractivity contribution in [2.24, 2.45) is 0 Å². The minimum Gasteiger partial charge on any atom is -0.339 e. The molecule has 0 radical (unpaired) electrons. The fourth-order valence-electron chi connectivity index (χ4n) is 3.82. The average molecular weight is 385 g/mol. The first-order valence-electron chi connectivity index (χ1n) is 9.49. The molecule has 2 atom stereocenters. The summed E-state index contributed by atoms with van der Waals surface area (Å²) in [5.74, 6) is 1.35. The van der Waals surface area contributed by atoms with Crippen LogP contribution in [0.4, 0.5) is 0 Å². The van der Waals surface area contributed by atoms with Gasteiger partial charge in [-0.15, -0.1) is 0 Å². The maximum Gasteiger partial charge on any atom is 0.232 e. The van der Waals surface area contributed by atoms with Gasteiger partial charge in [-0.3, -0.25) is 19.9 Å². The first-order chi connectivity index (χ1) is 14.4. The predicted molar refractivity (Wildman–Crippen MR) is 105 cm³/mol. The molecule has 5 rings (SSSR count). The zero-order valence-electron chi connectivity index (χ0n) is 15.7. The Morgan fingerprint density at radius 2 is 1.83 bits per heavy atom. The van der Waals surface area contributed by atoms with Gasteiger partial charge in [-0.2, -0.15) is 4.98 Å². The summed E-state index contributed by atoms with van der Waals surface area (Å²) in [6.07, 6.45) is 10.4. The van der Waals surface area contributed by atoms with Gasteiger partial charge in [0.05, 0.1) is 17.8 Å². The highest BCUT2D eigenvalue weighted by atomic mass is 16.5. The van der Waals surface area contributed by atoms with Gasteiger partial charge in [0.2, 0.25) is 11.7 Å². The van der Waals surface area contributed by atoms with Crippen LogP contribution in [0.3, 0.4) is 0 Å². The lowest BCUT2D eigenvalue weighted by molar-refractivity contribution is 0.306. The van der Waals surface area contributed by atoms with Crippen LogP contribution < -0.4 is 0 Å². The monoisotopic (exact) mass is 385 g/mol. The number of aromatic nitrogens is 6. The van der Waals surface area contributed by atoms with E-state index in [2.05, 4.69) is 41.0 Å². The average Bonchev–Trinajstić information content (AvgIpc) is 3.43. The highest BCUT2D eigenvalue weighted by Crippen LogP contribution is 2.39. The molecule has 8 heteroatoms. The quantitative estimate of drug-likeness (QED) is 0.518. The van der Waals surface area contributed by atoms with Crippen molar-refractivity contribution >= 4 is 0 Å². The first-order valence-corrected chi connectivity index (χ1v) is 9.49. The standard InChI is InChI=1S/C21H19N7O/c1-2-7-24-16(5-1)12-28-13-17(15-4-3-6-22-10-15)18(14-28)21-26-20(27-29-21)19-11-23-8-9-25-19/h1-11,17-18H,12-14H2/t17-,18+/m0/s1. The van der Waals surface area contributed by atoms with Crippen LogP contribution in [0.25, 0.3) is 11.5 Å². The summed E-state index contributed by atoms with van der Waals surface area (Å²) in [5.41, 5.74) is 2.81. The van der Waals surface area contributed by atoms with Crippen molar-refractivity contribution in [3.63, 3.8) is 0 Å². The molecule has 8 nitrogen and oxygen atoms in total. The molecule has 1 aliphatic rings. The first kappa shape index (κ1) is 17.6. The molecule has 144 valence electrons. The molecular weight excluding hydrogens is 366 g/mol. The number of likely N-dealkylation sites (tertiary alicyclic amines) is 1. The van der Waals surface area contributed by atoms with Gasteiger partial charge in [0.25, 0.3) is 0 Å². The van der Waals surface area contributed by atoms with Crippen LogP contribution >= 0.6 is 0 Å². The Hall–Kier alpha value is -3.52. The number of nitrogens with zero attached hydrogens (tertiary/aromatic N) is 7. The maximum atomic E-state index is 5.66. The molecule has 0 N–H and O–H groups in total. The van der Waals surface area contributed by atoms with Gasteiger partial charge in [-0.05, 0) is 23.8 Å². The van der Waals surface area contributed by atoms with Crippen molar-refractivity contribution in [2.45, 2.75) is 18.4 Å². The van der Waals surface area contributed by atoms with Crippen LogP contribution in [0.1, 0.15) is 29.0 Å². The summed E-state index contributed by atoms with van der Waals surface area (Å²) in [6.45, 7) is 2.45. The van der Waals surface area contributed by atoms with Gasteiger partial charge in [0.15, 0.2) is 0 Å². The topological polar surface area (TPSA) is 93.7 Å². The molecular formula is C21H19N7O. The fourth-order valence-corrected chi connectivity index (χ4v) is 3.82. The van der Waals surface area contributed by atoms with Crippen LogP contribution in [-0.2, 0) is 6.54 Å². The van der Waals surface area contributed by atoms with Gasteiger partial charge in [0, 0.05) is 56.5 Å². The number of hydrogen-bond donors (Lipinski definition) is 0. The Morgan fingerprint density at radius 3 is 2.62 bits per heavy atom. The molecule has 4 aromatic heterocycles. The molecule has 1 saturated heterocycles. The largest absolute Gasteiger partial charge is 0.339 e. The van der Waals surface area contributed by atoms with E-state index in [0.29, 0.717) is 17.4 Å². The van der Waals surface area contributed by atoms with E-state index in [9.17, 15) is 0 Å². The Labute approximate surface area is 167 Å². The minimum absolute atomic E-state index is 0.0702. The van der Waals surface area contributed by atoms with E-state index in [-0.39, 0.29) is 11.8 Å². The second kappa shape index (κ2) is 7.84. The third-order valence-corrected chi connectivity index (χ3v) is 5.17. The fraction of sp³-hybridized carbons (Fsp3) is 0.238. The van der Waals surface area contributed by atoms with Crippen LogP contribution in [0.15, 0.2) is 72.0 Å². The molecule has 5 heterocycles. The normalized spacial score (nSPS) is 19.4. The smallest absolute Gasteiger partial charge is 0.232 e. The summed E-state index contributed by atoms with van der Waals surface area (Å²) in [5, 5.41) is 4.13.